The van der Waals surface area contributed by atoms with Crippen LogP contribution in [0.3, 0.4) is 0 Å². The van der Waals surface area contributed by atoms with Crippen LogP contribution in [0.5, 0.6) is 5.75 Å². The first kappa shape index (κ1) is 18.6. The summed E-state index contributed by atoms with van der Waals surface area (Å²) >= 11 is 0. The molecule has 0 radical (unpaired) electrons. The second kappa shape index (κ2) is 7.70. The molecule has 112 valence electrons. The number of benzene rings is 2. The van der Waals surface area contributed by atoms with Crippen LogP contribution < -0.4 is 40.0 Å². The van der Waals surface area contributed by atoms with Crippen molar-refractivity contribution < 1.29 is 48.7 Å². The van der Waals surface area contributed by atoms with Gasteiger partial charge in [-0.3, -0.25) is 4.55 Å². The molecule has 0 saturated carbocycles. The molecule has 0 aromatic heterocycles. The molecule has 9 heteroatoms. The van der Waals surface area contributed by atoms with E-state index in [0.717, 1.165) is 0 Å². The first-order valence-corrected chi connectivity index (χ1v) is 7.27. The smallest absolute Gasteiger partial charge is 1.00 e. The van der Waals surface area contributed by atoms with Crippen LogP contribution in [-0.2, 0) is 10.1 Å². The summed E-state index contributed by atoms with van der Waals surface area (Å²) in [6.07, 6.45) is 0. The quantitative estimate of drug-likeness (QED) is 0.356. The van der Waals surface area contributed by atoms with Gasteiger partial charge >= 0.3 is 29.6 Å². The van der Waals surface area contributed by atoms with Crippen molar-refractivity contribution in [1.29, 1.82) is 0 Å². The van der Waals surface area contributed by atoms with Crippen LogP contribution in [0.4, 0.5) is 17.1 Å². The first-order valence-electron chi connectivity index (χ1n) is 5.83. The third-order valence-electron chi connectivity index (χ3n) is 2.61. The summed E-state index contributed by atoms with van der Waals surface area (Å²) in [4.78, 5) is -0.242. The Morgan fingerprint density at radius 1 is 1.14 bits per heavy atom. The summed E-state index contributed by atoms with van der Waals surface area (Å²) in [5.41, 5.74) is 6.95. The van der Waals surface area contributed by atoms with Crippen molar-refractivity contribution in [2.45, 2.75) is 4.90 Å². The molecule has 2 aromatic rings. The second-order valence-electron chi connectivity index (χ2n) is 4.10. The van der Waals surface area contributed by atoms with E-state index in [0.29, 0.717) is 22.8 Å². The van der Waals surface area contributed by atoms with E-state index >= 15 is 0 Å². The molecule has 0 saturated heterocycles. The predicted octanol–water partition coefficient (Wildman–Crippen LogP) is 0.0560. The summed E-state index contributed by atoms with van der Waals surface area (Å²) < 4.78 is 36.1. The summed E-state index contributed by atoms with van der Waals surface area (Å²) in [7, 11) is -2.77. The first-order chi connectivity index (χ1) is 9.90. The number of methoxy groups -OCH3 is 1. The summed E-state index contributed by atoms with van der Waals surface area (Å²) in [6, 6.07) is 10.4. The SMILES string of the molecule is COc1cc(N=Nc2cccc(S(=O)(=O)O)c2)ccc1N.[H-].[Na+]. The third kappa shape index (κ3) is 4.79. The summed E-state index contributed by atoms with van der Waals surface area (Å²) in [5.74, 6) is 0.470. The van der Waals surface area contributed by atoms with Gasteiger partial charge in [0.05, 0.1) is 29.1 Å². The second-order valence-corrected chi connectivity index (χ2v) is 5.52. The number of rotatable bonds is 4. The molecule has 0 spiro atoms. The number of azo groups is 1. The molecular weight excluding hydrogens is 317 g/mol. The minimum atomic E-state index is -4.26. The maximum Gasteiger partial charge on any atom is 1.00 e. The number of nitrogens with two attached hydrogens (primary N) is 1. The number of anilines is 1. The molecule has 0 aliphatic rings. The molecule has 2 aromatic carbocycles. The van der Waals surface area contributed by atoms with Gasteiger partial charge in [0.2, 0.25) is 0 Å². The topological polar surface area (TPSA) is 114 Å². The molecule has 3 N–H and O–H groups in total. The minimum absolute atomic E-state index is 0. The van der Waals surface area contributed by atoms with Crippen LogP contribution >= 0.6 is 0 Å². The Morgan fingerprint density at radius 3 is 2.36 bits per heavy atom. The van der Waals surface area contributed by atoms with Gasteiger partial charge in [-0.05, 0) is 30.3 Å². The number of nitrogens with zero attached hydrogens (tertiary/aromatic N) is 2. The zero-order chi connectivity index (χ0) is 15.5. The standard InChI is InChI=1S/C13H13N3O4S.Na.H/c1-20-13-8-10(5-6-12(13)14)16-15-9-3-2-4-11(7-9)21(17,18)19;;/h2-8H,14H2,1H3,(H,17,18,19);;/q;+1;-1. The van der Waals surface area contributed by atoms with E-state index in [1.165, 1.54) is 25.3 Å². The molecule has 0 heterocycles. The fraction of sp³-hybridized carbons (Fsp3) is 0.0769. The average molecular weight is 331 g/mol. The summed E-state index contributed by atoms with van der Waals surface area (Å²) in [6.45, 7) is 0. The van der Waals surface area contributed by atoms with E-state index in [1.807, 2.05) is 0 Å². The maximum atomic E-state index is 11.0. The number of hydrogen-bond donors (Lipinski definition) is 2. The Balaban J connectivity index is 0.00000242. The fourth-order valence-corrected chi connectivity index (χ4v) is 2.10. The normalized spacial score (nSPS) is 11.2. The van der Waals surface area contributed by atoms with Crippen molar-refractivity contribution in [3.8, 4) is 5.75 Å². The van der Waals surface area contributed by atoms with E-state index in [9.17, 15) is 8.42 Å². The molecule has 2 rings (SSSR count). The van der Waals surface area contributed by atoms with Gasteiger partial charge in [-0.25, -0.2) is 0 Å². The van der Waals surface area contributed by atoms with Gasteiger partial charge in [0, 0.05) is 6.07 Å². The Morgan fingerprint density at radius 2 is 1.77 bits per heavy atom. The predicted molar refractivity (Wildman–Crippen MR) is 79.0 cm³/mol. The van der Waals surface area contributed by atoms with Crippen molar-refractivity contribution >= 4 is 27.2 Å². The van der Waals surface area contributed by atoms with Crippen LogP contribution in [0.25, 0.3) is 0 Å². The molecular formula is C13H14N3NaO4S. The number of ether oxygens (including phenoxy) is 1. The van der Waals surface area contributed by atoms with Crippen molar-refractivity contribution in [2.24, 2.45) is 10.2 Å². The monoisotopic (exact) mass is 331 g/mol. The molecule has 0 amide bonds. The molecule has 22 heavy (non-hydrogen) atoms. The zero-order valence-corrected chi connectivity index (χ0v) is 14.9. The molecule has 0 atom stereocenters. The Hall–Kier alpha value is -1.45. The Labute approximate surface area is 151 Å². The molecule has 7 nitrogen and oxygen atoms in total. The molecule has 0 aliphatic carbocycles. The van der Waals surface area contributed by atoms with Gasteiger partial charge in [0.25, 0.3) is 10.1 Å². The van der Waals surface area contributed by atoms with Gasteiger partial charge in [-0.1, -0.05) is 6.07 Å². The maximum absolute atomic E-state index is 11.0. The van der Waals surface area contributed by atoms with Crippen molar-refractivity contribution in [3.63, 3.8) is 0 Å². The Kier molecular flexibility index (Phi) is 6.51. The van der Waals surface area contributed by atoms with Gasteiger partial charge in [0.15, 0.2) is 0 Å². The Bertz CT molecular complexity index is 800. The van der Waals surface area contributed by atoms with Gasteiger partial charge in [0.1, 0.15) is 5.75 Å². The van der Waals surface area contributed by atoms with E-state index in [2.05, 4.69) is 10.2 Å². The van der Waals surface area contributed by atoms with Crippen LogP contribution in [0.2, 0.25) is 0 Å². The van der Waals surface area contributed by atoms with Crippen molar-refractivity contribution in [3.05, 3.63) is 42.5 Å². The zero-order valence-electron chi connectivity index (χ0n) is 13.1. The van der Waals surface area contributed by atoms with Crippen LogP contribution in [-0.4, -0.2) is 20.1 Å². The largest absolute Gasteiger partial charge is 1.00 e. The van der Waals surface area contributed by atoms with Crippen molar-refractivity contribution in [1.82, 2.24) is 0 Å². The number of hydrogen-bond acceptors (Lipinski definition) is 6. The summed E-state index contributed by atoms with van der Waals surface area (Å²) in [5, 5.41) is 7.87. The van der Waals surface area contributed by atoms with Crippen LogP contribution in [0.1, 0.15) is 1.43 Å². The van der Waals surface area contributed by atoms with Crippen LogP contribution in [0.15, 0.2) is 57.6 Å². The van der Waals surface area contributed by atoms with E-state index in [-0.39, 0.29) is 35.9 Å². The van der Waals surface area contributed by atoms with Crippen LogP contribution in [0, 0.1) is 0 Å². The minimum Gasteiger partial charge on any atom is -1.00 e. The van der Waals surface area contributed by atoms with Gasteiger partial charge < -0.3 is 11.9 Å². The molecule has 0 aliphatic heterocycles. The molecule has 0 unspecified atom stereocenters. The molecule has 0 bridgehead atoms. The van der Waals surface area contributed by atoms with E-state index in [1.54, 1.807) is 24.3 Å². The van der Waals surface area contributed by atoms with E-state index in [4.69, 9.17) is 15.0 Å². The molecule has 0 fully saturated rings. The van der Waals surface area contributed by atoms with Gasteiger partial charge in [-0.15, -0.1) is 0 Å². The third-order valence-corrected chi connectivity index (χ3v) is 3.46. The van der Waals surface area contributed by atoms with Gasteiger partial charge in [-0.2, -0.15) is 18.6 Å². The van der Waals surface area contributed by atoms with Crippen molar-refractivity contribution in [2.75, 3.05) is 12.8 Å². The fourth-order valence-electron chi connectivity index (χ4n) is 1.58. The van der Waals surface area contributed by atoms with E-state index < -0.39 is 10.1 Å². The number of nitrogen functional groups attached to an aromatic ring is 1. The average Bonchev–Trinajstić information content (AvgIpc) is 2.46.